The van der Waals surface area contributed by atoms with E-state index in [2.05, 4.69) is 0 Å². The third kappa shape index (κ3) is 1.55. The zero-order valence-electron chi connectivity index (χ0n) is 7.48. The largest absolute Gasteiger partial charge is 0.371 e. The zero-order chi connectivity index (χ0) is 10.3. The van der Waals surface area contributed by atoms with E-state index in [-0.39, 0.29) is 18.3 Å². The second kappa shape index (κ2) is 4.32. The van der Waals surface area contributed by atoms with E-state index in [0.717, 1.165) is 0 Å². The monoisotopic (exact) mass is 422 g/mol. The molecule has 5 unspecified atom stereocenters. The van der Waals surface area contributed by atoms with Crippen molar-refractivity contribution in [2.45, 2.75) is 36.8 Å². The van der Waals surface area contributed by atoms with Gasteiger partial charge in [-0.15, -0.1) is 0 Å². The molecule has 2 rings (SSSR count). The van der Waals surface area contributed by atoms with Crippen LogP contribution >= 0.6 is 46.0 Å². The molecule has 78 valence electrons. The van der Waals surface area contributed by atoms with Crippen LogP contribution in [0.2, 0.25) is 0 Å². The average Bonchev–Trinajstić information content (AvgIpc) is 2.54. The fourth-order valence-electron chi connectivity index (χ4n) is 2.11. The molecule has 2 saturated heterocycles. The third-order valence-electron chi connectivity index (χ3n) is 2.88. The molecule has 14 heavy (non-hydrogen) atoms. The summed E-state index contributed by atoms with van der Waals surface area (Å²) < 4.78 is 21.8. The number of hydrogen-bond donors (Lipinski definition) is 0. The summed E-state index contributed by atoms with van der Waals surface area (Å²) >= 11 is 3.69. The molecule has 2 fully saturated rings. The first-order valence-electron chi connectivity index (χ1n) is 4.25. The third-order valence-corrected chi connectivity index (χ3v) is 3.74. The lowest BCUT2D eigenvalue weighted by molar-refractivity contribution is -0.164. The van der Waals surface area contributed by atoms with Crippen LogP contribution in [-0.2, 0) is 15.6 Å². The second-order valence-electron chi connectivity index (χ2n) is 3.54. The Morgan fingerprint density at radius 2 is 2.21 bits per heavy atom. The minimum Gasteiger partial charge on any atom is -0.371 e. The van der Waals surface area contributed by atoms with Crippen molar-refractivity contribution in [2.24, 2.45) is 0 Å². The highest BCUT2D eigenvalue weighted by Crippen LogP contribution is 2.46. The maximum Gasteiger partial charge on any atom is 0.147 e. The topological polar surface area (TPSA) is 36.9 Å². The van der Waals surface area contributed by atoms with Crippen LogP contribution in [0.15, 0.2) is 0 Å². The summed E-state index contributed by atoms with van der Waals surface area (Å²) in [6, 6.07) is -0.419. The van der Waals surface area contributed by atoms with Crippen molar-refractivity contribution in [3.63, 3.8) is 0 Å². The number of ether oxygens (including phenoxy) is 2. The Morgan fingerprint density at radius 3 is 2.79 bits per heavy atom. The maximum atomic E-state index is 5.78. The summed E-state index contributed by atoms with van der Waals surface area (Å²) in [7, 11) is 5.78. The average molecular weight is 422 g/mol. The molecule has 0 amide bonds. The van der Waals surface area contributed by atoms with E-state index in [4.69, 9.17) is 23.5 Å². The van der Waals surface area contributed by atoms with Gasteiger partial charge in [0.05, 0.1) is 12.7 Å². The smallest absolute Gasteiger partial charge is 0.147 e. The molecule has 2 bridgehead atoms. The van der Waals surface area contributed by atoms with Crippen LogP contribution in [0.1, 0.15) is 6.92 Å². The molecule has 0 aromatic carbocycles. The van der Waals surface area contributed by atoms with E-state index in [0.29, 0.717) is 6.61 Å². The fourth-order valence-corrected chi connectivity index (χ4v) is 3.32. The summed E-state index contributed by atoms with van der Waals surface area (Å²) in [6.07, 6.45) is -0.391. The van der Waals surface area contributed by atoms with Gasteiger partial charge < -0.3 is 15.6 Å². The molecule has 2 aliphatic rings. The van der Waals surface area contributed by atoms with Gasteiger partial charge in [0.1, 0.15) is 71.7 Å². The van der Waals surface area contributed by atoms with Crippen molar-refractivity contribution in [3.8, 4) is 0 Å². The summed E-state index contributed by atoms with van der Waals surface area (Å²) in [5.41, 5.74) is -0.549. The van der Waals surface area contributed by atoms with Gasteiger partial charge in [-0.05, 0) is 6.92 Å². The Bertz CT molecular complexity index is 232. The second-order valence-corrected chi connectivity index (χ2v) is 4.67. The highest BCUT2D eigenvalue weighted by molar-refractivity contribution is 14.1. The minimum atomic E-state index is -0.549. The molecule has 4 nitrogen and oxygen atoms in total. The van der Waals surface area contributed by atoms with Crippen molar-refractivity contribution in [2.75, 3.05) is 6.61 Å². The Kier molecular flexibility index (Phi) is 3.66. The minimum absolute atomic E-state index is 0.0539. The van der Waals surface area contributed by atoms with Gasteiger partial charge in [0.25, 0.3) is 0 Å². The number of fused-ring (bicyclic) bond motifs is 2. The molecule has 2 aliphatic heterocycles. The van der Waals surface area contributed by atoms with Crippen molar-refractivity contribution in [1.29, 1.82) is 0 Å². The zero-order valence-corrected chi connectivity index (χ0v) is 11.8. The summed E-state index contributed by atoms with van der Waals surface area (Å²) in [4.78, 5) is 0. The normalized spacial score (nSPS) is 51.4. The molecular formula is C7H9BI2O4. The highest BCUT2D eigenvalue weighted by Gasteiger charge is 2.64. The van der Waals surface area contributed by atoms with Crippen LogP contribution in [0, 0.1) is 0 Å². The molecule has 0 aromatic rings. The molecule has 5 atom stereocenters. The van der Waals surface area contributed by atoms with Gasteiger partial charge in [0.2, 0.25) is 0 Å². The number of rotatable bonds is 3. The summed E-state index contributed by atoms with van der Waals surface area (Å²) in [5, 5.41) is 0. The molecule has 7 heteroatoms. The predicted octanol–water partition coefficient (Wildman–Crippen LogP) is 1.14. The molecule has 0 spiro atoms. The molecule has 0 saturated carbocycles. The lowest BCUT2D eigenvalue weighted by Gasteiger charge is -2.34. The van der Waals surface area contributed by atoms with Crippen LogP contribution in [-0.4, -0.2) is 44.4 Å². The quantitative estimate of drug-likeness (QED) is 0.506. The van der Waals surface area contributed by atoms with Gasteiger partial charge in [-0.2, -0.15) is 0 Å². The van der Waals surface area contributed by atoms with Crippen molar-refractivity contribution < 1.29 is 15.6 Å². The Labute approximate surface area is 112 Å². The molecule has 2 heterocycles. The van der Waals surface area contributed by atoms with Gasteiger partial charge in [-0.1, -0.05) is 0 Å². The van der Waals surface area contributed by atoms with Gasteiger partial charge in [-0.25, -0.2) is 0 Å². The van der Waals surface area contributed by atoms with Crippen LogP contribution in [0.25, 0.3) is 0 Å². The number of hydrogen-bond acceptors (Lipinski definition) is 4. The van der Waals surface area contributed by atoms with Crippen molar-refractivity contribution in [1.82, 2.24) is 0 Å². The van der Waals surface area contributed by atoms with Crippen LogP contribution < -0.4 is 0 Å². The Hall–Kier alpha value is 1.36. The molecular weight excluding hydrogens is 413 g/mol. The SMILES string of the molecule is [B]C1OC2(COI)C(C)OC1C2OI. The fraction of sp³-hybridized carbons (Fsp3) is 1.00. The van der Waals surface area contributed by atoms with Crippen molar-refractivity contribution >= 4 is 53.9 Å². The van der Waals surface area contributed by atoms with E-state index in [1.165, 1.54) is 0 Å². The van der Waals surface area contributed by atoms with Crippen LogP contribution in [0.3, 0.4) is 0 Å². The van der Waals surface area contributed by atoms with Gasteiger partial charge in [0.15, 0.2) is 0 Å². The predicted molar refractivity (Wildman–Crippen MR) is 66.6 cm³/mol. The molecule has 0 aromatic heterocycles. The Balaban J connectivity index is 2.25. The first kappa shape index (κ1) is 11.8. The van der Waals surface area contributed by atoms with Crippen molar-refractivity contribution in [3.05, 3.63) is 0 Å². The first-order chi connectivity index (χ1) is 6.65. The Morgan fingerprint density at radius 1 is 1.50 bits per heavy atom. The lowest BCUT2D eigenvalue weighted by atomic mass is 9.91. The van der Waals surface area contributed by atoms with Gasteiger partial charge in [0, 0.05) is 6.00 Å². The molecule has 2 radical (unpaired) electrons. The highest BCUT2D eigenvalue weighted by atomic mass is 127. The van der Waals surface area contributed by atoms with E-state index in [9.17, 15) is 0 Å². The maximum absolute atomic E-state index is 5.78. The van der Waals surface area contributed by atoms with E-state index < -0.39 is 11.6 Å². The lowest BCUT2D eigenvalue weighted by Crippen LogP contribution is -2.50. The van der Waals surface area contributed by atoms with Gasteiger partial charge in [-0.3, -0.25) is 0 Å². The van der Waals surface area contributed by atoms with Crippen LogP contribution in [0.5, 0.6) is 0 Å². The first-order valence-corrected chi connectivity index (χ1v) is 6.01. The summed E-state index contributed by atoms with van der Waals surface area (Å²) in [6.45, 7) is 2.37. The van der Waals surface area contributed by atoms with Crippen LogP contribution in [0.4, 0.5) is 0 Å². The van der Waals surface area contributed by atoms with Gasteiger partial charge >= 0.3 is 0 Å². The molecule has 0 N–H and O–H groups in total. The molecule has 0 aliphatic carbocycles. The van der Waals surface area contributed by atoms with E-state index in [1.807, 2.05) is 52.9 Å². The number of halogens is 2. The standard InChI is InChI=1S/C7H9BI2O4/c1-3-7(2-11-9)5(14-10)4(12-3)6(8)13-7/h3-6H,2H2,1H3. The summed E-state index contributed by atoms with van der Waals surface area (Å²) in [5.74, 6) is 0. The van der Waals surface area contributed by atoms with E-state index in [1.54, 1.807) is 0 Å². The van der Waals surface area contributed by atoms with E-state index >= 15 is 0 Å².